The van der Waals surface area contributed by atoms with Crippen molar-refractivity contribution in [3.05, 3.63) is 0 Å². The van der Waals surface area contributed by atoms with Crippen LogP contribution in [0.15, 0.2) is 0 Å². The molecule has 2 heterocycles. The maximum atomic E-state index is 12.6. The highest BCUT2D eigenvalue weighted by atomic mass is 32.2. The Kier molecular flexibility index (Phi) is 4.68. The van der Waals surface area contributed by atoms with Gasteiger partial charge < -0.3 is 5.11 Å². The Balaban J connectivity index is 2.11. The number of piperidine rings is 1. The fourth-order valence-corrected chi connectivity index (χ4v) is 5.86. The van der Waals surface area contributed by atoms with Gasteiger partial charge in [-0.3, -0.25) is 4.79 Å². The first-order chi connectivity index (χ1) is 9.22. The Morgan fingerprint density at radius 3 is 2.60 bits per heavy atom. The maximum Gasteiger partial charge on any atom is 0.307 e. The number of aliphatic carboxylic acids is 1. The molecule has 8 heteroatoms. The molecule has 0 aromatic rings. The van der Waals surface area contributed by atoms with E-state index in [-0.39, 0.29) is 11.3 Å². The summed E-state index contributed by atoms with van der Waals surface area (Å²) in [4.78, 5) is 11.1. The van der Waals surface area contributed by atoms with Gasteiger partial charge in [-0.15, -0.1) is 0 Å². The van der Waals surface area contributed by atoms with E-state index < -0.39 is 22.1 Å². The quantitative estimate of drug-likeness (QED) is 0.834. The van der Waals surface area contributed by atoms with E-state index in [4.69, 9.17) is 5.11 Å². The van der Waals surface area contributed by atoms with E-state index in [1.54, 1.807) is 11.8 Å². The summed E-state index contributed by atoms with van der Waals surface area (Å²) in [6, 6.07) is 0. The lowest BCUT2D eigenvalue weighted by molar-refractivity contribution is -0.142. The normalized spacial score (nSPS) is 29.2. The lowest BCUT2D eigenvalue weighted by atomic mass is 10.0. The molecule has 1 atom stereocenters. The Hall–Kier alpha value is -0.310. The molecule has 2 saturated heterocycles. The van der Waals surface area contributed by atoms with Crippen LogP contribution in [0.3, 0.4) is 0 Å². The number of carbonyl (C=O) groups is 1. The van der Waals surface area contributed by atoms with Crippen molar-refractivity contribution in [3.63, 3.8) is 0 Å². The van der Waals surface area contributed by atoms with E-state index >= 15 is 0 Å². The Morgan fingerprint density at radius 2 is 2.00 bits per heavy atom. The molecule has 0 aliphatic carbocycles. The third-order valence-electron chi connectivity index (χ3n) is 3.78. The van der Waals surface area contributed by atoms with Crippen LogP contribution < -0.4 is 0 Å². The highest BCUT2D eigenvalue weighted by molar-refractivity contribution is 8.00. The molecule has 6 nitrogen and oxygen atoms in total. The first-order valence-electron chi connectivity index (χ1n) is 6.84. The minimum absolute atomic E-state index is 0.0900. The Morgan fingerprint density at radius 1 is 1.30 bits per heavy atom. The van der Waals surface area contributed by atoms with Crippen LogP contribution >= 0.6 is 11.8 Å². The average molecular weight is 322 g/mol. The van der Waals surface area contributed by atoms with Crippen molar-refractivity contribution < 1.29 is 18.3 Å². The van der Waals surface area contributed by atoms with Crippen LogP contribution in [-0.2, 0) is 15.0 Å². The van der Waals surface area contributed by atoms with Gasteiger partial charge >= 0.3 is 5.97 Å². The van der Waals surface area contributed by atoms with Gasteiger partial charge in [-0.05, 0) is 26.7 Å². The number of hydrogen-bond acceptors (Lipinski definition) is 4. The number of rotatable bonds is 3. The van der Waals surface area contributed by atoms with Crippen LogP contribution in [0.1, 0.15) is 26.7 Å². The largest absolute Gasteiger partial charge is 0.481 e. The number of carboxylic acids is 1. The van der Waals surface area contributed by atoms with Gasteiger partial charge in [0, 0.05) is 36.7 Å². The fourth-order valence-electron chi connectivity index (χ4n) is 2.69. The van der Waals surface area contributed by atoms with Crippen LogP contribution in [0.2, 0.25) is 0 Å². The van der Waals surface area contributed by atoms with Gasteiger partial charge in [0.05, 0.1) is 5.92 Å². The summed E-state index contributed by atoms with van der Waals surface area (Å²) in [6.07, 6.45) is 1.17. The van der Waals surface area contributed by atoms with Crippen LogP contribution in [0.5, 0.6) is 0 Å². The van der Waals surface area contributed by atoms with Crippen LogP contribution in [-0.4, -0.2) is 64.8 Å². The van der Waals surface area contributed by atoms with Crippen molar-refractivity contribution in [2.24, 2.45) is 5.92 Å². The molecule has 0 radical (unpaired) electrons. The predicted octanol–water partition coefficient (Wildman–Crippen LogP) is 0.855. The molecule has 2 aliphatic heterocycles. The molecular formula is C12H22N2O4S2. The van der Waals surface area contributed by atoms with Gasteiger partial charge in [-0.2, -0.15) is 28.8 Å². The predicted molar refractivity (Wildman–Crippen MR) is 79.0 cm³/mol. The molecule has 1 N–H and O–H groups in total. The first kappa shape index (κ1) is 16.1. The minimum atomic E-state index is -3.53. The molecule has 0 saturated carbocycles. The molecular weight excluding hydrogens is 300 g/mol. The van der Waals surface area contributed by atoms with Crippen molar-refractivity contribution >= 4 is 27.9 Å². The Bertz CT molecular complexity index is 478. The van der Waals surface area contributed by atoms with Crippen molar-refractivity contribution in [2.45, 2.75) is 31.4 Å². The number of thioether (sulfide) groups is 1. The van der Waals surface area contributed by atoms with E-state index in [0.717, 1.165) is 5.75 Å². The molecule has 2 aliphatic rings. The zero-order valence-electron chi connectivity index (χ0n) is 11.9. The van der Waals surface area contributed by atoms with Crippen molar-refractivity contribution in [2.75, 3.05) is 31.9 Å². The Labute approximate surface area is 124 Å². The lowest BCUT2D eigenvalue weighted by Gasteiger charge is -2.40. The van der Waals surface area contributed by atoms with Crippen LogP contribution in [0.25, 0.3) is 0 Å². The topological polar surface area (TPSA) is 77.9 Å². The zero-order valence-corrected chi connectivity index (χ0v) is 13.5. The third kappa shape index (κ3) is 3.47. The second-order valence-electron chi connectivity index (χ2n) is 5.98. The summed E-state index contributed by atoms with van der Waals surface area (Å²) in [6.45, 7) is 5.59. The lowest BCUT2D eigenvalue weighted by Crippen LogP contribution is -2.54. The summed E-state index contributed by atoms with van der Waals surface area (Å²) < 4.78 is 28.1. The third-order valence-corrected chi connectivity index (χ3v) is 7.02. The van der Waals surface area contributed by atoms with E-state index in [0.29, 0.717) is 32.5 Å². The molecule has 2 fully saturated rings. The van der Waals surface area contributed by atoms with Crippen molar-refractivity contribution in [3.8, 4) is 0 Å². The van der Waals surface area contributed by atoms with E-state index in [9.17, 15) is 13.2 Å². The van der Waals surface area contributed by atoms with Gasteiger partial charge in [-0.1, -0.05) is 0 Å². The fraction of sp³-hybridized carbons (Fsp3) is 0.917. The average Bonchev–Trinajstić information content (AvgIpc) is 2.37. The van der Waals surface area contributed by atoms with E-state index in [2.05, 4.69) is 0 Å². The SMILES string of the molecule is CC1(C)CN(S(=O)(=O)N2CCCC(C(=O)O)C2)CCS1. The highest BCUT2D eigenvalue weighted by Gasteiger charge is 2.39. The maximum absolute atomic E-state index is 12.6. The van der Waals surface area contributed by atoms with Gasteiger partial charge in [0.25, 0.3) is 10.2 Å². The number of carboxylic acid groups (broad SMARTS) is 1. The molecule has 0 spiro atoms. The van der Waals surface area contributed by atoms with Gasteiger partial charge in [-0.25, -0.2) is 0 Å². The highest BCUT2D eigenvalue weighted by Crippen LogP contribution is 2.32. The first-order valence-corrected chi connectivity index (χ1v) is 9.23. The molecule has 2 rings (SSSR count). The van der Waals surface area contributed by atoms with Crippen molar-refractivity contribution in [1.29, 1.82) is 0 Å². The zero-order chi connectivity index (χ0) is 15.0. The van der Waals surface area contributed by atoms with E-state index in [1.807, 2.05) is 13.8 Å². The molecule has 0 aromatic carbocycles. The summed E-state index contributed by atoms with van der Waals surface area (Å²) in [5.74, 6) is -0.701. The van der Waals surface area contributed by atoms with Gasteiger partial charge in [0.2, 0.25) is 0 Å². The molecule has 0 amide bonds. The van der Waals surface area contributed by atoms with Gasteiger partial charge in [0.1, 0.15) is 0 Å². The van der Waals surface area contributed by atoms with Gasteiger partial charge in [0.15, 0.2) is 0 Å². The summed E-state index contributed by atoms with van der Waals surface area (Å²) in [5, 5.41) is 9.08. The summed E-state index contributed by atoms with van der Waals surface area (Å²) in [7, 11) is -3.53. The molecule has 1 unspecified atom stereocenters. The van der Waals surface area contributed by atoms with Crippen LogP contribution in [0.4, 0.5) is 0 Å². The molecule has 0 aromatic heterocycles. The molecule has 20 heavy (non-hydrogen) atoms. The van der Waals surface area contributed by atoms with E-state index in [1.165, 1.54) is 8.61 Å². The monoisotopic (exact) mass is 322 g/mol. The summed E-state index contributed by atoms with van der Waals surface area (Å²) in [5.41, 5.74) is 0. The molecule has 0 bridgehead atoms. The number of hydrogen-bond donors (Lipinski definition) is 1. The van der Waals surface area contributed by atoms with Crippen molar-refractivity contribution in [1.82, 2.24) is 8.61 Å². The second-order valence-corrected chi connectivity index (χ2v) is 9.72. The number of nitrogens with zero attached hydrogens (tertiary/aromatic N) is 2. The molecule has 116 valence electrons. The second kappa shape index (κ2) is 5.82. The standard InChI is InChI=1S/C12H22N2O4S2/c1-12(2)9-14(6-7-19-12)20(17,18)13-5-3-4-10(8-13)11(15)16/h10H,3-9H2,1-2H3,(H,15,16). The minimum Gasteiger partial charge on any atom is -0.481 e. The van der Waals surface area contributed by atoms with Crippen LogP contribution in [0, 0.1) is 5.92 Å². The smallest absolute Gasteiger partial charge is 0.307 e. The summed E-state index contributed by atoms with van der Waals surface area (Å²) >= 11 is 1.77.